The third-order valence-corrected chi connectivity index (χ3v) is 5.25. The molecule has 14 heteroatoms. The van der Waals surface area contributed by atoms with Crippen LogP contribution in [0.25, 0.3) is 0 Å². The third-order valence-electron chi connectivity index (χ3n) is 5.25. The van der Waals surface area contributed by atoms with E-state index in [9.17, 15) is 22.8 Å². The molecule has 0 aliphatic carbocycles. The average Bonchev–Trinajstić information content (AvgIpc) is 3.48. The van der Waals surface area contributed by atoms with Gasteiger partial charge in [-0.2, -0.15) is 0 Å². The molecule has 1 fully saturated rings. The number of hydrogen-bond donors (Lipinski definition) is 2. The Morgan fingerprint density at radius 3 is 2.71 bits per heavy atom. The normalized spacial score (nSPS) is 15.7. The van der Waals surface area contributed by atoms with Crippen LogP contribution in [0.5, 0.6) is 5.75 Å². The van der Waals surface area contributed by atoms with Gasteiger partial charge in [-0.05, 0) is 36.2 Å². The van der Waals surface area contributed by atoms with Crippen molar-refractivity contribution in [3.63, 3.8) is 0 Å². The summed E-state index contributed by atoms with van der Waals surface area (Å²) in [7, 11) is 1.52. The summed E-state index contributed by atoms with van der Waals surface area (Å²) in [5, 5.41) is 21.2. The third kappa shape index (κ3) is 6.22. The molecule has 1 unspecified atom stereocenters. The van der Waals surface area contributed by atoms with Crippen LogP contribution in [-0.4, -0.2) is 63.5 Å². The van der Waals surface area contributed by atoms with Crippen molar-refractivity contribution in [3.05, 3.63) is 53.9 Å². The number of alkyl halides is 3. The number of aromatic nitrogens is 5. The molecular weight excluding hydrogens is 469 g/mol. The number of carbonyl (C=O) groups excluding carboxylic acids is 2. The second-order valence-electron chi connectivity index (χ2n) is 7.75. The van der Waals surface area contributed by atoms with Gasteiger partial charge in [0.15, 0.2) is 17.3 Å². The molecule has 1 saturated heterocycles. The van der Waals surface area contributed by atoms with Gasteiger partial charge in [-0.3, -0.25) is 9.59 Å². The first-order valence-electron chi connectivity index (χ1n) is 10.6. The van der Waals surface area contributed by atoms with E-state index in [0.29, 0.717) is 24.5 Å². The fraction of sp³-hybridized carbons (Fsp3) is 0.333. The molecule has 184 valence electrons. The van der Waals surface area contributed by atoms with Gasteiger partial charge in [-0.1, -0.05) is 17.3 Å². The van der Waals surface area contributed by atoms with Crippen LogP contribution in [0, 0.1) is 0 Å². The lowest BCUT2D eigenvalue weighted by molar-refractivity contribution is -0.274. The number of halogens is 3. The highest BCUT2D eigenvalue weighted by atomic mass is 19.4. The Labute approximate surface area is 197 Å². The van der Waals surface area contributed by atoms with Crippen LogP contribution >= 0.6 is 0 Å². The minimum atomic E-state index is -4.81. The predicted octanol–water partition coefficient (Wildman–Crippen LogP) is 1.96. The molecular formula is C21H21F3N8O3. The standard InChI is InChI=1S/C21H21F3N8O3/c1-25-20(34)16-12-32(30-27-16)14-7-8-31(11-14)18-6-5-17(28-29-18)26-19(33)10-13-3-2-4-15(9-13)35-21(22,23)24/h2-6,9,12,14H,7-8,10-11H2,1H3,(H,25,34)(H,26,28,33). The van der Waals surface area contributed by atoms with Gasteiger partial charge in [0.2, 0.25) is 5.91 Å². The van der Waals surface area contributed by atoms with Gasteiger partial charge in [-0.25, -0.2) is 4.68 Å². The van der Waals surface area contributed by atoms with Gasteiger partial charge < -0.3 is 20.3 Å². The number of anilines is 2. The van der Waals surface area contributed by atoms with Crippen LogP contribution in [0.4, 0.5) is 24.8 Å². The maximum atomic E-state index is 12.4. The Hall–Kier alpha value is -4.23. The number of nitrogens with one attached hydrogen (secondary N) is 2. The maximum absolute atomic E-state index is 12.4. The summed E-state index contributed by atoms with van der Waals surface area (Å²) in [6, 6.07) is 8.52. The van der Waals surface area contributed by atoms with E-state index in [2.05, 4.69) is 35.9 Å². The number of rotatable bonds is 7. The van der Waals surface area contributed by atoms with Crippen molar-refractivity contribution in [2.75, 3.05) is 30.4 Å². The summed E-state index contributed by atoms with van der Waals surface area (Å²) >= 11 is 0. The first kappa shape index (κ1) is 23.9. The van der Waals surface area contributed by atoms with E-state index >= 15 is 0 Å². The molecule has 1 aliphatic heterocycles. The molecule has 2 aromatic heterocycles. The van der Waals surface area contributed by atoms with Gasteiger partial charge in [0, 0.05) is 20.1 Å². The van der Waals surface area contributed by atoms with Gasteiger partial charge in [-0.15, -0.1) is 28.5 Å². The second-order valence-corrected chi connectivity index (χ2v) is 7.75. The van der Waals surface area contributed by atoms with E-state index in [1.165, 1.54) is 19.2 Å². The second kappa shape index (κ2) is 9.95. The van der Waals surface area contributed by atoms with E-state index < -0.39 is 18.0 Å². The number of hydrogen-bond acceptors (Lipinski definition) is 8. The number of ether oxygens (including phenoxy) is 1. The minimum absolute atomic E-state index is 0.0131. The first-order chi connectivity index (χ1) is 16.7. The molecule has 11 nitrogen and oxygen atoms in total. The van der Waals surface area contributed by atoms with Crippen LogP contribution in [0.1, 0.15) is 28.5 Å². The molecule has 1 aromatic carbocycles. The van der Waals surface area contributed by atoms with Crippen LogP contribution in [0.15, 0.2) is 42.6 Å². The average molecular weight is 490 g/mol. The van der Waals surface area contributed by atoms with Gasteiger partial charge >= 0.3 is 6.36 Å². The van der Waals surface area contributed by atoms with Crippen LogP contribution in [0.2, 0.25) is 0 Å². The van der Waals surface area contributed by atoms with E-state index in [-0.39, 0.29) is 29.9 Å². The molecule has 0 radical (unpaired) electrons. The zero-order valence-corrected chi connectivity index (χ0v) is 18.5. The van der Waals surface area contributed by atoms with Crippen molar-refractivity contribution in [1.29, 1.82) is 0 Å². The highest BCUT2D eigenvalue weighted by Crippen LogP contribution is 2.26. The predicted molar refractivity (Wildman–Crippen MR) is 117 cm³/mol. The molecule has 0 spiro atoms. The Morgan fingerprint density at radius 2 is 2.00 bits per heavy atom. The number of nitrogens with zero attached hydrogens (tertiary/aromatic N) is 6. The van der Waals surface area contributed by atoms with Crippen LogP contribution < -0.4 is 20.3 Å². The van der Waals surface area contributed by atoms with Crippen molar-refractivity contribution in [1.82, 2.24) is 30.5 Å². The summed E-state index contributed by atoms with van der Waals surface area (Å²) < 4.78 is 42.7. The summed E-state index contributed by atoms with van der Waals surface area (Å²) in [5.74, 6) is -0.350. The summed E-state index contributed by atoms with van der Waals surface area (Å²) in [5.41, 5.74) is 0.593. The van der Waals surface area contributed by atoms with Crippen molar-refractivity contribution < 1.29 is 27.5 Å². The van der Waals surface area contributed by atoms with Gasteiger partial charge in [0.1, 0.15) is 5.75 Å². The number of amides is 2. The summed E-state index contributed by atoms with van der Waals surface area (Å²) in [6.07, 6.45) is -2.60. The van der Waals surface area contributed by atoms with E-state index in [0.717, 1.165) is 18.6 Å². The quantitative estimate of drug-likeness (QED) is 0.515. The molecule has 2 amide bonds. The fourth-order valence-corrected chi connectivity index (χ4v) is 3.64. The van der Waals surface area contributed by atoms with Gasteiger partial charge in [0.05, 0.1) is 18.7 Å². The molecule has 35 heavy (non-hydrogen) atoms. The SMILES string of the molecule is CNC(=O)c1cn(C2CCN(c3ccc(NC(=O)Cc4cccc(OC(F)(F)F)c4)nn3)C2)nn1. The monoisotopic (exact) mass is 490 g/mol. The van der Waals surface area contributed by atoms with Crippen molar-refractivity contribution in [2.24, 2.45) is 0 Å². The zero-order valence-electron chi connectivity index (χ0n) is 18.5. The zero-order chi connectivity index (χ0) is 25.0. The van der Waals surface area contributed by atoms with Crippen molar-refractivity contribution >= 4 is 23.5 Å². The topological polar surface area (TPSA) is 127 Å². The Kier molecular flexibility index (Phi) is 6.80. The molecule has 1 aliphatic rings. The molecule has 0 bridgehead atoms. The Bertz CT molecular complexity index is 1200. The van der Waals surface area contributed by atoms with Crippen molar-refractivity contribution in [3.8, 4) is 5.75 Å². The molecule has 2 N–H and O–H groups in total. The smallest absolute Gasteiger partial charge is 0.406 e. The number of benzene rings is 1. The lowest BCUT2D eigenvalue weighted by atomic mass is 10.1. The van der Waals surface area contributed by atoms with Crippen LogP contribution in [0.3, 0.4) is 0 Å². The largest absolute Gasteiger partial charge is 0.573 e. The van der Waals surface area contributed by atoms with E-state index in [1.54, 1.807) is 23.0 Å². The molecule has 3 heterocycles. The molecule has 0 saturated carbocycles. The Morgan fingerprint density at radius 1 is 1.17 bits per heavy atom. The van der Waals surface area contributed by atoms with E-state index in [1.807, 2.05) is 4.90 Å². The first-order valence-corrected chi connectivity index (χ1v) is 10.6. The van der Waals surface area contributed by atoms with E-state index in [4.69, 9.17) is 0 Å². The van der Waals surface area contributed by atoms with Crippen LogP contribution in [-0.2, 0) is 11.2 Å². The summed E-state index contributed by atoms with van der Waals surface area (Å²) in [4.78, 5) is 26.0. The Balaban J connectivity index is 1.31. The molecule has 1 atom stereocenters. The lowest BCUT2D eigenvalue weighted by Crippen LogP contribution is -2.23. The van der Waals surface area contributed by atoms with Gasteiger partial charge in [0.25, 0.3) is 5.91 Å². The molecule has 4 rings (SSSR count). The highest BCUT2D eigenvalue weighted by molar-refractivity contribution is 5.92. The lowest BCUT2D eigenvalue weighted by Gasteiger charge is -2.17. The maximum Gasteiger partial charge on any atom is 0.573 e. The molecule has 3 aromatic rings. The minimum Gasteiger partial charge on any atom is -0.406 e. The highest BCUT2D eigenvalue weighted by Gasteiger charge is 2.31. The fourth-order valence-electron chi connectivity index (χ4n) is 3.64. The summed E-state index contributed by atoms with van der Waals surface area (Å²) in [6.45, 7) is 1.28. The number of carbonyl (C=O) groups is 2. The van der Waals surface area contributed by atoms with Crippen molar-refractivity contribution in [2.45, 2.75) is 25.2 Å².